The molecule has 3 rings (SSSR count). The fourth-order valence-electron chi connectivity index (χ4n) is 1.87. The van der Waals surface area contributed by atoms with Crippen LogP contribution >= 0.6 is 31.9 Å². The van der Waals surface area contributed by atoms with E-state index in [1.807, 2.05) is 12.1 Å². The first-order valence-corrected chi connectivity index (χ1v) is 9.43. The predicted octanol–water partition coefficient (Wildman–Crippen LogP) is 3.01. The molecule has 118 valence electrons. The van der Waals surface area contributed by atoms with Crippen molar-refractivity contribution in [3.05, 3.63) is 33.6 Å². The van der Waals surface area contributed by atoms with Crippen LogP contribution in [0.4, 0.5) is 17.2 Å². The molecule has 0 saturated heterocycles. The van der Waals surface area contributed by atoms with E-state index in [9.17, 15) is 4.21 Å². The smallest absolute Gasteiger partial charge is 0.220 e. The summed E-state index contributed by atoms with van der Waals surface area (Å²) in [6.07, 6.45) is 4.49. The second kappa shape index (κ2) is 6.46. The van der Waals surface area contributed by atoms with E-state index < -0.39 is 10.8 Å². The number of rotatable bonds is 3. The molecule has 1 aromatic carbocycles. The molecule has 2 aromatic heterocycles. The standard InChI is InChI=1S/C13H10Br2N6OS/c1-23(22)13-20-9-4-17-5-18-11(9)12(21-13)19-6-2-7(14)10(16)8(15)3-6/h2-5H,16H2,1H3,(H,19,20,21). The lowest BCUT2D eigenvalue weighted by molar-refractivity contribution is 0.680. The van der Waals surface area contributed by atoms with Gasteiger partial charge in [-0.2, -0.15) is 0 Å². The van der Waals surface area contributed by atoms with E-state index in [1.165, 1.54) is 12.6 Å². The molecule has 1 atom stereocenters. The molecule has 0 aliphatic carbocycles. The van der Waals surface area contributed by atoms with Crippen LogP contribution in [0.15, 0.2) is 38.8 Å². The van der Waals surface area contributed by atoms with Crippen LogP contribution in [0.1, 0.15) is 0 Å². The maximum absolute atomic E-state index is 11.7. The van der Waals surface area contributed by atoms with Crippen molar-refractivity contribution in [1.82, 2.24) is 19.9 Å². The summed E-state index contributed by atoms with van der Waals surface area (Å²) >= 11 is 6.79. The van der Waals surface area contributed by atoms with Gasteiger partial charge in [0.2, 0.25) is 5.16 Å². The van der Waals surface area contributed by atoms with Crippen LogP contribution < -0.4 is 11.1 Å². The minimum atomic E-state index is -1.32. The molecular weight excluding hydrogens is 448 g/mol. The zero-order chi connectivity index (χ0) is 16.6. The molecular formula is C13H10Br2N6OS. The van der Waals surface area contributed by atoms with Crippen molar-refractivity contribution in [2.45, 2.75) is 5.16 Å². The summed E-state index contributed by atoms with van der Waals surface area (Å²) in [6, 6.07) is 3.63. The molecule has 0 aliphatic heterocycles. The number of hydrogen-bond acceptors (Lipinski definition) is 7. The van der Waals surface area contributed by atoms with E-state index in [1.54, 1.807) is 6.20 Å². The first-order valence-electron chi connectivity index (χ1n) is 6.28. The third-order valence-electron chi connectivity index (χ3n) is 2.94. The zero-order valence-electron chi connectivity index (χ0n) is 11.7. The summed E-state index contributed by atoms with van der Waals surface area (Å²) < 4.78 is 13.2. The van der Waals surface area contributed by atoms with E-state index in [2.05, 4.69) is 57.1 Å². The van der Waals surface area contributed by atoms with Gasteiger partial charge >= 0.3 is 0 Å². The molecule has 3 N–H and O–H groups in total. The highest BCUT2D eigenvalue weighted by Gasteiger charge is 2.13. The topological polar surface area (TPSA) is 107 Å². The van der Waals surface area contributed by atoms with Crippen molar-refractivity contribution in [2.75, 3.05) is 17.3 Å². The number of anilines is 3. The number of hydrogen-bond donors (Lipinski definition) is 2. The van der Waals surface area contributed by atoms with Crippen molar-refractivity contribution in [2.24, 2.45) is 0 Å². The van der Waals surface area contributed by atoms with Gasteiger partial charge in [-0.3, -0.25) is 4.21 Å². The van der Waals surface area contributed by atoms with E-state index >= 15 is 0 Å². The number of aromatic nitrogens is 4. The maximum atomic E-state index is 11.7. The maximum Gasteiger partial charge on any atom is 0.220 e. The van der Waals surface area contributed by atoms with Crippen LogP contribution in [0.5, 0.6) is 0 Å². The minimum absolute atomic E-state index is 0.211. The fraction of sp³-hybridized carbons (Fsp3) is 0.0769. The quantitative estimate of drug-likeness (QED) is 0.459. The second-order valence-corrected chi connectivity index (χ2v) is 7.53. The molecule has 0 bridgehead atoms. The van der Waals surface area contributed by atoms with Gasteiger partial charge in [-0.25, -0.2) is 19.9 Å². The summed E-state index contributed by atoms with van der Waals surface area (Å²) in [4.78, 5) is 16.7. The molecule has 0 aliphatic rings. The van der Waals surface area contributed by atoms with Crippen molar-refractivity contribution in [3.63, 3.8) is 0 Å². The Hall–Kier alpha value is -1.65. The Morgan fingerprint density at radius 1 is 1.22 bits per heavy atom. The van der Waals surface area contributed by atoms with E-state index in [0.717, 1.165) is 14.6 Å². The lowest BCUT2D eigenvalue weighted by Gasteiger charge is -2.11. The van der Waals surface area contributed by atoms with Crippen LogP contribution in [0.3, 0.4) is 0 Å². The van der Waals surface area contributed by atoms with Gasteiger partial charge in [0.15, 0.2) is 5.82 Å². The Balaban J connectivity index is 2.14. The van der Waals surface area contributed by atoms with Crippen LogP contribution in [0.25, 0.3) is 11.0 Å². The third-order valence-corrected chi connectivity index (χ3v) is 4.95. The highest BCUT2D eigenvalue weighted by Crippen LogP contribution is 2.33. The Bertz CT molecular complexity index is 912. The van der Waals surface area contributed by atoms with Gasteiger partial charge in [-0.05, 0) is 44.0 Å². The van der Waals surface area contributed by atoms with Gasteiger partial charge in [0.25, 0.3) is 0 Å². The monoisotopic (exact) mass is 456 g/mol. The summed E-state index contributed by atoms with van der Waals surface area (Å²) in [7, 11) is -1.32. The molecule has 0 spiro atoms. The first kappa shape index (κ1) is 16.2. The Morgan fingerprint density at radius 3 is 2.57 bits per heavy atom. The SMILES string of the molecule is CS(=O)c1nc(Nc2cc(Br)c(N)c(Br)c2)c2ncncc2n1. The molecule has 0 fully saturated rings. The number of nitrogen functional groups attached to an aromatic ring is 1. The molecule has 0 saturated carbocycles. The van der Waals surface area contributed by atoms with Gasteiger partial charge in [0.1, 0.15) is 17.4 Å². The van der Waals surface area contributed by atoms with Crippen molar-refractivity contribution >= 4 is 70.9 Å². The average molecular weight is 458 g/mol. The number of nitrogens with one attached hydrogen (secondary N) is 1. The second-order valence-electron chi connectivity index (χ2n) is 4.54. The van der Waals surface area contributed by atoms with Gasteiger partial charge < -0.3 is 11.1 Å². The molecule has 10 heteroatoms. The van der Waals surface area contributed by atoms with Gasteiger partial charge in [-0.15, -0.1) is 0 Å². The molecule has 0 amide bonds. The van der Waals surface area contributed by atoms with Gasteiger partial charge in [-0.1, -0.05) is 0 Å². The molecule has 2 heterocycles. The van der Waals surface area contributed by atoms with Crippen LogP contribution in [-0.2, 0) is 10.8 Å². The van der Waals surface area contributed by atoms with Gasteiger partial charge in [0.05, 0.1) is 22.7 Å². The van der Waals surface area contributed by atoms with Crippen LogP contribution in [0.2, 0.25) is 0 Å². The largest absolute Gasteiger partial charge is 0.397 e. The third kappa shape index (κ3) is 3.33. The Labute approximate surface area is 150 Å². The number of fused-ring (bicyclic) bond motifs is 1. The minimum Gasteiger partial charge on any atom is -0.397 e. The lowest BCUT2D eigenvalue weighted by atomic mass is 10.3. The zero-order valence-corrected chi connectivity index (χ0v) is 15.7. The number of halogens is 2. The summed E-state index contributed by atoms with van der Waals surface area (Å²) in [5.74, 6) is 0.450. The van der Waals surface area contributed by atoms with Crippen LogP contribution in [-0.4, -0.2) is 30.4 Å². The van der Waals surface area contributed by atoms with Crippen molar-refractivity contribution in [1.29, 1.82) is 0 Å². The molecule has 23 heavy (non-hydrogen) atoms. The normalized spacial score (nSPS) is 12.3. The first-order chi connectivity index (χ1) is 11.0. The summed E-state index contributed by atoms with van der Waals surface area (Å²) in [6.45, 7) is 0. The number of nitrogens with zero attached hydrogens (tertiary/aromatic N) is 4. The summed E-state index contributed by atoms with van der Waals surface area (Å²) in [5, 5.41) is 3.37. The highest BCUT2D eigenvalue weighted by molar-refractivity contribution is 9.11. The van der Waals surface area contributed by atoms with Crippen molar-refractivity contribution in [3.8, 4) is 0 Å². The van der Waals surface area contributed by atoms with Crippen molar-refractivity contribution < 1.29 is 4.21 Å². The predicted molar refractivity (Wildman–Crippen MR) is 97.0 cm³/mol. The van der Waals surface area contributed by atoms with E-state index in [4.69, 9.17) is 5.73 Å². The van der Waals surface area contributed by atoms with Gasteiger partial charge in [0, 0.05) is 20.9 Å². The van der Waals surface area contributed by atoms with Crippen LogP contribution in [0, 0.1) is 0 Å². The number of nitrogens with two attached hydrogens (primary N) is 1. The average Bonchev–Trinajstić information content (AvgIpc) is 2.52. The molecule has 0 radical (unpaired) electrons. The Kier molecular flexibility index (Phi) is 4.55. The van der Waals surface area contributed by atoms with E-state index in [0.29, 0.717) is 22.5 Å². The summed E-state index contributed by atoms with van der Waals surface area (Å²) in [5.41, 5.74) is 8.29. The number of benzene rings is 1. The molecule has 1 unspecified atom stereocenters. The lowest BCUT2D eigenvalue weighted by Crippen LogP contribution is -2.04. The molecule has 3 aromatic rings. The van der Waals surface area contributed by atoms with E-state index in [-0.39, 0.29) is 5.16 Å². The Morgan fingerprint density at radius 2 is 1.91 bits per heavy atom. The fourth-order valence-corrected chi connectivity index (χ4v) is 3.51. The highest BCUT2D eigenvalue weighted by atomic mass is 79.9. The molecule has 7 nitrogen and oxygen atoms in total.